The Morgan fingerprint density at radius 3 is 2.48 bits per heavy atom. The van der Waals surface area contributed by atoms with Crippen LogP contribution in [0.2, 0.25) is 0 Å². The molecule has 0 aromatic heterocycles. The van der Waals surface area contributed by atoms with Gasteiger partial charge in [-0.3, -0.25) is 14.3 Å². The standard InChI is InChI=1S/C16H33Cl2N4.Mn/c1-3-20-9-6-10-21-11-8-19-7-5-13-22(4-2,14-12-21)16(17,18)15-20;/h19H,3-15H2,1-2H3;/q+1;. The number of alkyl halides is 2. The zero-order chi connectivity index (χ0) is 16.1. The zero-order valence-electron chi connectivity index (χ0n) is 14.7. The van der Waals surface area contributed by atoms with Crippen molar-refractivity contribution in [3.8, 4) is 0 Å². The van der Waals surface area contributed by atoms with Crippen molar-refractivity contribution in [1.29, 1.82) is 0 Å². The fourth-order valence-electron chi connectivity index (χ4n) is 3.81. The molecule has 0 amide bonds. The maximum absolute atomic E-state index is 6.97. The van der Waals surface area contributed by atoms with Crippen LogP contribution in [-0.2, 0) is 17.1 Å². The Hall–Kier alpha value is 0.939. The molecule has 0 saturated carbocycles. The molecule has 7 heteroatoms. The molecule has 2 heterocycles. The van der Waals surface area contributed by atoms with Gasteiger partial charge in [0.1, 0.15) is 0 Å². The topological polar surface area (TPSA) is 18.5 Å². The Morgan fingerprint density at radius 2 is 1.78 bits per heavy atom. The Kier molecular flexibility index (Phi) is 9.73. The minimum Gasteiger partial charge on any atom is -0.315 e. The second-order valence-corrected chi connectivity index (χ2v) is 8.19. The number of halogens is 2. The SMILES string of the molecule is CCN1CCCN2CCNCCC[N+](CC)(CC2)C(Cl)(Cl)C1.[Mn]. The predicted octanol–water partition coefficient (Wildman–Crippen LogP) is 1.97. The molecular formula is C16H33Cl2MnN4+. The van der Waals surface area contributed by atoms with E-state index < -0.39 is 4.46 Å². The fraction of sp³-hybridized carbons (Fsp3) is 1.00. The number of fused-ring (bicyclic) bond motifs is 3. The molecular weight excluding hydrogens is 374 g/mol. The summed E-state index contributed by atoms with van der Waals surface area (Å²) in [7, 11) is 0. The van der Waals surface area contributed by atoms with Crippen molar-refractivity contribution in [3.63, 3.8) is 0 Å². The molecule has 2 aliphatic heterocycles. The van der Waals surface area contributed by atoms with Crippen LogP contribution in [-0.4, -0.2) is 90.7 Å². The number of hydrogen-bond donors (Lipinski definition) is 1. The van der Waals surface area contributed by atoms with Crippen LogP contribution in [0.1, 0.15) is 26.7 Å². The molecule has 2 rings (SSSR count). The van der Waals surface area contributed by atoms with E-state index in [0.717, 1.165) is 76.4 Å². The number of rotatable bonds is 2. The summed E-state index contributed by atoms with van der Waals surface area (Å²) in [5, 5.41) is 3.56. The van der Waals surface area contributed by atoms with Gasteiger partial charge in [-0.2, -0.15) is 0 Å². The van der Waals surface area contributed by atoms with Gasteiger partial charge in [-0.25, -0.2) is 0 Å². The van der Waals surface area contributed by atoms with Crippen LogP contribution in [0.25, 0.3) is 0 Å². The first-order chi connectivity index (χ1) is 10.5. The molecule has 137 valence electrons. The van der Waals surface area contributed by atoms with Crippen molar-refractivity contribution in [1.82, 2.24) is 15.1 Å². The van der Waals surface area contributed by atoms with Gasteiger partial charge in [-0.05, 0) is 56.2 Å². The summed E-state index contributed by atoms with van der Waals surface area (Å²) in [6, 6.07) is 0. The average molecular weight is 407 g/mol. The van der Waals surface area contributed by atoms with Gasteiger partial charge >= 0.3 is 0 Å². The van der Waals surface area contributed by atoms with E-state index >= 15 is 0 Å². The second kappa shape index (κ2) is 10.2. The minimum atomic E-state index is -0.715. The molecule has 2 aliphatic rings. The summed E-state index contributed by atoms with van der Waals surface area (Å²) in [6.07, 6.45) is 2.34. The van der Waals surface area contributed by atoms with Crippen molar-refractivity contribution in [3.05, 3.63) is 0 Å². The second-order valence-electron chi connectivity index (χ2n) is 6.74. The van der Waals surface area contributed by atoms with Gasteiger partial charge in [0.2, 0.25) is 0 Å². The number of hydrogen-bond acceptors (Lipinski definition) is 3. The van der Waals surface area contributed by atoms with Crippen LogP contribution in [0.5, 0.6) is 0 Å². The van der Waals surface area contributed by atoms with Crippen molar-refractivity contribution in [2.75, 3.05) is 72.0 Å². The molecule has 2 unspecified atom stereocenters. The first-order valence-corrected chi connectivity index (χ1v) is 9.68. The molecule has 2 bridgehead atoms. The van der Waals surface area contributed by atoms with Crippen molar-refractivity contribution >= 4 is 23.2 Å². The third kappa shape index (κ3) is 5.72. The summed E-state index contributed by atoms with van der Waals surface area (Å²) in [5.74, 6) is 0. The van der Waals surface area contributed by atoms with Gasteiger partial charge < -0.3 is 5.32 Å². The maximum Gasteiger partial charge on any atom is 0.263 e. The zero-order valence-corrected chi connectivity index (χ0v) is 17.4. The van der Waals surface area contributed by atoms with Crippen LogP contribution in [0.3, 0.4) is 0 Å². The van der Waals surface area contributed by atoms with E-state index in [1.807, 2.05) is 0 Å². The molecule has 0 aliphatic carbocycles. The summed E-state index contributed by atoms with van der Waals surface area (Å²) < 4.78 is 0.0950. The Bertz CT molecular complexity index is 346. The number of quaternary nitrogens is 1. The van der Waals surface area contributed by atoms with Crippen LogP contribution in [0, 0.1) is 0 Å². The molecule has 2 fully saturated rings. The molecule has 23 heavy (non-hydrogen) atoms. The van der Waals surface area contributed by atoms with E-state index in [-0.39, 0.29) is 17.1 Å². The minimum absolute atomic E-state index is 0. The first kappa shape index (κ1) is 22.0. The first-order valence-electron chi connectivity index (χ1n) is 8.92. The van der Waals surface area contributed by atoms with Crippen LogP contribution in [0.4, 0.5) is 0 Å². The molecule has 0 aromatic rings. The number of nitrogens with one attached hydrogen (secondary N) is 1. The molecule has 0 spiro atoms. The Labute approximate surface area is 162 Å². The summed E-state index contributed by atoms with van der Waals surface area (Å²) in [4.78, 5) is 5.01. The van der Waals surface area contributed by atoms with E-state index in [1.165, 1.54) is 13.0 Å². The maximum atomic E-state index is 6.97. The van der Waals surface area contributed by atoms with Crippen molar-refractivity contribution < 1.29 is 21.6 Å². The van der Waals surface area contributed by atoms with Crippen LogP contribution < -0.4 is 5.32 Å². The van der Waals surface area contributed by atoms with Crippen LogP contribution >= 0.6 is 23.2 Å². The van der Waals surface area contributed by atoms with E-state index in [4.69, 9.17) is 23.2 Å². The molecule has 4 nitrogen and oxygen atoms in total. The van der Waals surface area contributed by atoms with Crippen LogP contribution in [0.15, 0.2) is 0 Å². The smallest absolute Gasteiger partial charge is 0.263 e. The predicted molar refractivity (Wildman–Crippen MR) is 95.6 cm³/mol. The number of nitrogens with zero attached hydrogens (tertiary/aromatic N) is 3. The van der Waals surface area contributed by atoms with Gasteiger partial charge in [0.25, 0.3) is 4.46 Å². The molecule has 1 radical (unpaired) electrons. The number of likely N-dealkylation sites (N-methyl/N-ethyl adjacent to an activating group) is 2. The monoisotopic (exact) mass is 406 g/mol. The third-order valence-corrected chi connectivity index (χ3v) is 6.45. The third-order valence-electron chi connectivity index (χ3n) is 5.50. The summed E-state index contributed by atoms with van der Waals surface area (Å²) in [6.45, 7) is 16.0. The largest absolute Gasteiger partial charge is 0.315 e. The van der Waals surface area contributed by atoms with Gasteiger partial charge in [-0.15, -0.1) is 0 Å². The quantitative estimate of drug-likeness (QED) is 0.327. The van der Waals surface area contributed by atoms with Gasteiger partial charge in [-0.1, -0.05) is 6.92 Å². The van der Waals surface area contributed by atoms with Gasteiger partial charge in [0, 0.05) is 49.7 Å². The van der Waals surface area contributed by atoms with E-state index in [2.05, 4.69) is 29.0 Å². The van der Waals surface area contributed by atoms with E-state index in [0.29, 0.717) is 0 Å². The van der Waals surface area contributed by atoms with Gasteiger partial charge in [0.05, 0.1) is 26.2 Å². The van der Waals surface area contributed by atoms with Crippen molar-refractivity contribution in [2.45, 2.75) is 31.1 Å². The molecule has 0 aromatic carbocycles. The Balaban J connectivity index is 0.00000264. The normalized spacial score (nSPS) is 33.7. The van der Waals surface area contributed by atoms with Crippen molar-refractivity contribution in [2.24, 2.45) is 0 Å². The molecule has 2 atom stereocenters. The average Bonchev–Trinajstić information content (AvgIpc) is 2.51. The van der Waals surface area contributed by atoms with E-state index in [9.17, 15) is 0 Å². The summed E-state index contributed by atoms with van der Waals surface area (Å²) in [5.41, 5.74) is 0. The molecule has 1 N–H and O–H groups in total. The van der Waals surface area contributed by atoms with E-state index in [1.54, 1.807) is 0 Å². The fourth-order valence-corrected chi connectivity index (χ4v) is 4.72. The summed E-state index contributed by atoms with van der Waals surface area (Å²) >= 11 is 13.9. The Morgan fingerprint density at radius 1 is 1.00 bits per heavy atom. The molecule has 2 saturated heterocycles. The van der Waals surface area contributed by atoms with Gasteiger partial charge in [0.15, 0.2) is 0 Å².